The number of hydrogen-bond donors (Lipinski definition) is 1. The molecule has 0 aliphatic rings. The number of hydrogen-bond acceptors (Lipinski definition) is 4. The largest absolute Gasteiger partial charge is 0.383 e. The van der Waals surface area contributed by atoms with Crippen LogP contribution in [0.2, 0.25) is 0 Å². The number of methoxy groups -OCH3 is 1. The number of likely N-dealkylation sites (N-methyl/N-ethyl adjacent to an activating group) is 1. The number of ether oxygens (including phenoxy) is 2. The van der Waals surface area contributed by atoms with Crippen LogP contribution in [0.3, 0.4) is 0 Å². The minimum atomic E-state index is 0.781. The van der Waals surface area contributed by atoms with Crippen molar-refractivity contribution in [3.8, 4) is 0 Å². The van der Waals surface area contributed by atoms with E-state index in [1.54, 1.807) is 7.11 Å². The summed E-state index contributed by atoms with van der Waals surface area (Å²) in [4.78, 5) is 2.27. The molecule has 0 heterocycles. The smallest absolute Gasteiger partial charge is 0.0593 e. The maximum Gasteiger partial charge on any atom is 0.0593 e. The van der Waals surface area contributed by atoms with Crippen LogP contribution in [0.5, 0.6) is 0 Å². The summed E-state index contributed by atoms with van der Waals surface area (Å²) in [5.41, 5.74) is 0. The maximum atomic E-state index is 5.42. The molecule has 1 N–H and O–H groups in total. The van der Waals surface area contributed by atoms with Gasteiger partial charge in [-0.1, -0.05) is 6.92 Å². The van der Waals surface area contributed by atoms with E-state index in [9.17, 15) is 0 Å². The fraction of sp³-hybridized carbons (Fsp3) is 1.00. The lowest BCUT2D eigenvalue weighted by molar-refractivity contribution is 0.112. The van der Waals surface area contributed by atoms with Gasteiger partial charge in [-0.15, -0.1) is 0 Å². The van der Waals surface area contributed by atoms with Crippen LogP contribution in [0, 0.1) is 0 Å². The standard InChI is InChI=1S/C11H26N2O2/c1-4-9-15-11-8-13(2)7-5-12-6-10-14-3/h12H,4-11H2,1-3H3. The van der Waals surface area contributed by atoms with E-state index < -0.39 is 0 Å². The molecule has 0 aliphatic carbocycles. The zero-order valence-electron chi connectivity index (χ0n) is 10.4. The Kier molecular flexibility index (Phi) is 11.8. The monoisotopic (exact) mass is 218 g/mol. The lowest BCUT2D eigenvalue weighted by Gasteiger charge is -2.16. The fourth-order valence-electron chi connectivity index (χ4n) is 1.15. The first-order valence-corrected chi connectivity index (χ1v) is 5.77. The molecule has 0 rings (SSSR count). The molecule has 0 amide bonds. The van der Waals surface area contributed by atoms with Crippen LogP contribution >= 0.6 is 0 Å². The lowest BCUT2D eigenvalue weighted by atomic mass is 10.5. The van der Waals surface area contributed by atoms with Gasteiger partial charge in [0, 0.05) is 39.9 Å². The molecule has 0 spiro atoms. The van der Waals surface area contributed by atoms with Gasteiger partial charge < -0.3 is 19.7 Å². The second-order valence-corrected chi connectivity index (χ2v) is 3.66. The van der Waals surface area contributed by atoms with Gasteiger partial charge in [0.15, 0.2) is 0 Å². The molecule has 0 unspecified atom stereocenters. The van der Waals surface area contributed by atoms with E-state index in [4.69, 9.17) is 9.47 Å². The number of rotatable bonds is 11. The Morgan fingerprint density at radius 2 is 1.87 bits per heavy atom. The molecule has 15 heavy (non-hydrogen) atoms. The van der Waals surface area contributed by atoms with Crippen molar-refractivity contribution in [2.75, 3.05) is 60.2 Å². The highest BCUT2D eigenvalue weighted by molar-refractivity contribution is 4.54. The van der Waals surface area contributed by atoms with Gasteiger partial charge in [0.25, 0.3) is 0 Å². The van der Waals surface area contributed by atoms with Gasteiger partial charge in [-0.25, -0.2) is 0 Å². The van der Waals surface area contributed by atoms with Gasteiger partial charge in [-0.05, 0) is 13.5 Å². The molecule has 4 heteroatoms. The molecule has 0 bridgehead atoms. The highest BCUT2D eigenvalue weighted by Gasteiger charge is 1.97. The third-order valence-corrected chi connectivity index (χ3v) is 2.12. The van der Waals surface area contributed by atoms with Crippen LogP contribution in [0.1, 0.15) is 13.3 Å². The Balaban J connectivity index is 3.08. The van der Waals surface area contributed by atoms with Gasteiger partial charge in [0.2, 0.25) is 0 Å². The predicted molar refractivity (Wildman–Crippen MR) is 63.4 cm³/mol. The molecule has 0 saturated carbocycles. The second-order valence-electron chi connectivity index (χ2n) is 3.66. The molecule has 0 fully saturated rings. The fourth-order valence-corrected chi connectivity index (χ4v) is 1.15. The van der Waals surface area contributed by atoms with Crippen LogP contribution in [-0.2, 0) is 9.47 Å². The van der Waals surface area contributed by atoms with Crippen molar-refractivity contribution < 1.29 is 9.47 Å². The van der Waals surface area contributed by atoms with Crippen molar-refractivity contribution in [1.29, 1.82) is 0 Å². The summed E-state index contributed by atoms with van der Waals surface area (Å²) in [6.45, 7) is 8.62. The summed E-state index contributed by atoms with van der Waals surface area (Å²) in [6.07, 6.45) is 1.10. The first kappa shape index (κ1) is 14.8. The molecule has 4 nitrogen and oxygen atoms in total. The summed E-state index contributed by atoms with van der Waals surface area (Å²) in [5, 5.41) is 3.31. The molecule has 0 aromatic rings. The van der Waals surface area contributed by atoms with Crippen molar-refractivity contribution in [3.05, 3.63) is 0 Å². The molecular weight excluding hydrogens is 192 g/mol. The van der Waals surface area contributed by atoms with Crippen LogP contribution < -0.4 is 5.32 Å². The average Bonchev–Trinajstić information content (AvgIpc) is 2.24. The van der Waals surface area contributed by atoms with Crippen LogP contribution in [-0.4, -0.2) is 65.1 Å². The molecule has 0 aliphatic heterocycles. The third-order valence-electron chi connectivity index (χ3n) is 2.12. The summed E-state index contributed by atoms with van der Waals surface area (Å²) in [6, 6.07) is 0. The van der Waals surface area contributed by atoms with Crippen LogP contribution in [0.25, 0.3) is 0 Å². The Morgan fingerprint density at radius 3 is 2.53 bits per heavy atom. The Morgan fingerprint density at radius 1 is 1.07 bits per heavy atom. The van der Waals surface area contributed by atoms with Crippen molar-refractivity contribution in [1.82, 2.24) is 10.2 Å². The zero-order chi connectivity index (χ0) is 11.4. The molecule has 0 atom stereocenters. The van der Waals surface area contributed by atoms with E-state index in [1.807, 2.05) is 0 Å². The first-order valence-electron chi connectivity index (χ1n) is 5.77. The predicted octanol–water partition coefficient (Wildman–Crippen LogP) is 0.581. The SMILES string of the molecule is CCCOCCN(C)CCNCCOC. The van der Waals surface area contributed by atoms with Crippen LogP contribution in [0.4, 0.5) is 0 Å². The first-order chi connectivity index (χ1) is 7.31. The molecule has 92 valence electrons. The molecule has 0 aromatic carbocycles. The molecule has 0 radical (unpaired) electrons. The molecule has 0 saturated heterocycles. The van der Waals surface area contributed by atoms with E-state index in [0.717, 1.165) is 52.4 Å². The van der Waals surface area contributed by atoms with Gasteiger partial charge in [0.05, 0.1) is 13.2 Å². The Labute approximate surface area is 93.9 Å². The van der Waals surface area contributed by atoms with E-state index in [-0.39, 0.29) is 0 Å². The second kappa shape index (κ2) is 11.9. The third kappa shape index (κ3) is 11.8. The van der Waals surface area contributed by atoms with E-state index in [1.165, 1.54) is 0 Å². The minimum absolute atomic E-state index is 0.781. The molecular formula is C11H26N2O2. The highest BCUT2D eigenvalue weighted by Crippen LogP contribution is 1.84. The van der Waals surface area contributed by atoms with Crippen molar-refractivity contribution in [2.45, 2.75) is 13.3 Å². The lowest BCUT2D eigenvalue weighted by Crippen LogP contribution is -2.32. The van der Waals surface area contributed by atoms with Crippen molar-refractivity contribution in [3.63, 3.8) is 0 Å². The normalized spacial score (nSPS) is 11.2. The van der Waals surface area contributed by atoms with Crippen LogP contribution in [0.15, 0.2) is 0 Å². The summed E-state index contributed by atoms with van der Waals surface area (Å²) in [5.74, 6) is 0. The van der Waals surface area contributed by atoms with Gasteiger partial charge >= 0.3 is 0 Å². The Bertz CT molecular complexity index is 123. The molecule has 0 aromatic heterocycles. The highest BCUT2D eigenvalue weighted by atomic mass is 16.5. The number of nitrogens with one attached hydrogen (secondary N) is 1. The van der Waals surface area contributed by atoms with Gasteiger partial charge in [-0.2, -0.15) is 0 Å². The zero-order valence-corrected chi connectivity index (χ0v) is 10.4. The number of nitrogens with zero attached hydrogens (tertiary/aromatic N) is 1. The average molecular weight is 218 g/mol. The summed E-state index contributed by atoms with van der Waals surface area (Å²) >= 11 is 0. The van der Waals surface area contributed by atoms with E-state index in [2.05, 4.69) is 24.2 Å². The van der Waals surface area contributed by atoms with Gasteiger partial charge in [0.1, 0.15) is 0 Å². The topological polar surface area (TPSA) is 33.7 Å². The van der Waals surface area contributed by atoms with Gasteiger partial charge in [-0.3, -0.25) is 0 Å². The van der Waals surface area contributed by atoms with E-state index >= 15 is 0 Å². The summed E-state index contributed by atoms with van der Waals surface area (Å²) < 4.78 is 10.4. The Hall–Kier alpha value is -0.160. The quantitative estimate of drug-likeness (QED) is 0.514. The minimum Gasteiger partial charge on any atom is -0.383 e. The maximum absolute atomic E-state index is 5.42. The summed E-state index contributed by atoms with van der Waals surface area (Å²) in [7, 11) is 3.84. The van der Waals surface area contributed by atoms with Crippen molar-refractivity contribution in [2.24, 2.45) is 0 Å². The van der Waals surface area contributed by atoms with Crippen molar-refractivity contribution >= 4 is 0 Å². The van der Waals surface area contributed by atoms with E-state index in [0.29, 0.717) is 0 Å².